The molecule has 0 aromatic carbocycles. The van der Waals surface area contributed by atoms with Crippen molar-refractivity contribution in [1.82, 2.24) is 9.88 Å². The van der Waals surface area contributed by atoms with Crippen molar-refractivity contribution in [2.45, 2.75) is 38.6 Å². The summed E-state index contributed by atoms with van der Waals surface area (Å²) >= 11 is 0. The van der Waals surface area contributed by atoms with Gasteiger partial charge in [-0.05, 0) is 37.8 Å². The number of aryl methyl sites for hydroxylation is 1. The number of hydrogen-bond acceptors (Lipinski definition) is 3. The summed E-state index contributed by atoms with van der Waals surface area (Å²) in [7, 11) is 0. The van der Waals surface area contributed by atoms with E-state index in [0.717, 1.165) is 24.8 Å². The number of likely N-dealkylation sites (tertiary alicyclic amines) is 1. The highest BCUT2D eigenvalue weighted by Gasteiger charge is 2.28. The van der Waals surface area contributed by atoms with E-state index in [2.05, 4.69) is 10.3 Å². The predicted octanol–water partition coefficient (Wildman–Crippen LogP) is 2.25. The largest absolute Gasteiger partial charge is 0.481 e. The van der Waals surface area contributed by atoms with Crippen molar-refractivity contribution in [3.05, 3.63) is 24.0 Å². The summed E-state index contributed by atoms with van der Waals surface area (Å²) in [6.45, 7) is 2.50. The molecular weight excluding hydrogens is 258 g/mol. The van der Waals surface area contributed by atoms with E-state index in [-0.39, 0.29) is 18.5 Å². The zero-order valence-corrected chi connectivity index (χ0v) is 11.5. The molecule has 1 aromatic heterocycles. The Morgan fingerprint density at radius 1 is 1.45 bits per heavy atom. The minimum absolute atomic E-state index is 0.000508. The maximum atomic E-state index is 12.3. The highest BCUT2D eigenvalue weighted by atomic mass is 16.4. The van der Waals surface area contributed by atoms with Crippen LogP contribution in [0.3, 0.4) is 0 Å². The van der Waals surface area contributed by atoms with Gasteiger partial charge in [0, 0.05) is 18.8 Å². The molecule has 2 heterocycles. The first-order valence-corrected chi connectivity index (χ1v) is 6.77. The number of nitrogens with one attached hydrogen (secondary N) is 1. The van der Waals surface area contributed by atoms with Crippen LogP contribution in [0.4, 0.5) is 10.5 Å². The maximum Gasteiger partial charge on any atom is 0.322 e. The van der Waals surface area contributed by atoms with Crippen LogP contribution in [-0.2, 0) is 4.79 Å². The lowest BCUT2D eigenvalue weighted by Gasteiger charge is -2.34. The molecule has 1 unspecified atom stereocenters. The number of carbonyl (C=O) groups excluding carboxylic acids is 1. The molecule has 0 radical (unpaired) electrons. The number of amides is 2. The van der Waals surface area contributed by atoms with Crippen LogP contribution in [0.2, 0.25) is 0 Å². The molecule has 20 heavy (non-hydrogen) atoms. The Labute approximate surface area is 117 Å². The van der Waals surface area contributed by atoms with Crippen LogP contribution in [0.15, 0.2) is 18.5 Å². The van der Waals surface area contributed by atoms with E-state index in [1.165, 1.54) is 0 Å². The summed E-state index contributed by atoms with van der Waals surface area (Å²) in [5.41, 5.74) is 1.60. The number of carbonyl (C=O) groups is 2. The Morgan fingerprint density at radius 2 is 2.25 bits per heavy atom. The average Bonchev–Trinajstić information content (AvgIpc) is 2.38. The molecule has 1 atom stereocenters. The normalized spacial score (nSPS) is 18.6. The molecule has 6 nitrogen and oxygen atoms in total. The summed E-state index contributed by atoms with van der Waals surface area (Å²) in [4.78, 5) is 28.8. The standard InChI is InChI=1S/C14H19N3O3/c1-10-6-11(9-15-8-10)16-14(20)17-5-3-2-4-12(17)7-13(18)19/h6,8-9,12H,2-5,7H2,1H3,(H,16,20)(H,18,19). The fraction of sp³-hybridized carbons (Fsp3) is 0.500. The number of anilines is 1. The fourth-order valence-electron chi connectivity index (χ4n) is 2.50. The third-order valence-corrected chi connectivity index (χ3v) is 3.42. The average molecular weight is 277 g/mol. The molecule has 2 N–H and O–H groups in total. The number of hydrogen-bond donors (Lipinski definition) is 2. The minimum Gasteiger partial charge on any atom is -0.481 e. The van der Waals surface area contributed by atoms with Gasteiger partial charge < -0.3 is 15.3 Å². The molecule has 1 fully saturated rings. The second kappa shape index (κ2) is 6.36. The zero-order chi connectivity index (χ0) is 14.5. The Morgan fingerprint density at radius 3 is 2.95 bits per heavy atom. The van der Waals surface area contributed by atoms with E-state index < -0.39 is 5.97 Å². The lowest BCUT2D eigenvalue weighted by molar-refractivity contribution is -0.138. The predicted molar refractivity (Wildman–Crippen MR) is 74.6 cm³/mol. The second-order valence-corrected chi connectivity index (χ2v) is 5.12. The van der Waals surface area contributed by atoms with Gasteiger partial charge >= 0.3 is 12.0 Å². The molecule has 108 valence electrons. The van der Waals surface area contributed by atoms with Gasteiger partial charge in [0.15, 0.2) is 0 Å². The van der Waals surface area contributed by atoms with Gasteiger partial charge in [0.1, 0.15) is 0 Å². The van der Waals surface area contributed by atoms with Crippen molar-refractivity contribution in [1.29, 1.82) is 0 Å². The van der Waals surface area contributed by atoms with Crippen LogP contribution in [-0.4, -0.2) is 39.6 Å². The third-order valence-electron chi connectivity index (χ3n) is 3.42. The van der Waals surface area contributed by atoms with Gasteiger partial charge in [-0.2, -0.15) is 0 Å². The Bertz CT molecular complexity index is 504. The highest BCUT2D eigenvalue weighted by Crippen LogP contribution is 2.21. The number of carboxylic acids is 1. The van der Waals surface area contributed by atoms with Crippen molar-refractivity contribution in [2.24, 2.45) is 0 Å². The van der Waals surface area contributed by atoms with E-state index in [0.29, 0.717) is 12.2 Å². The van der Waals surface area contributed by atoms with Crippen molar-refractivity contribution in [2.75, 3.05) is 11.9 Å². The van der Waals surface area contributed by atoms with Gasteiger partial charge in [-0.3, -0.25) is 9.78 Å². The number of urea groups is 1. The van der Waals surface area contributed by atoms with Crippen molar-refractivity contribution in [3.8, 4) is 0 Å². The molecule has 0 aliphatic carbocycles. The summed E-state index contributed by atoms with van der Waals surface area (Å²) in [5, 5.41) is 11.7. The molecule has 0 bridgehead atoms. The number of aromatic nitrogens is 1. The van der Waals surface area contributed by atoms with Crippen LogP contribution >= 0.6 is 0 Å². The topological polar surface area (TPSA) is 82.5 Å². The molecule has 1 aliphatic heterocycles. The fourth-order valence-corrected chi connectivity index (χ4v) is 2.50. The minimum atomic E-state index is -0.869. The van der Waals surface area contributed by atoms with Crippen LogP contribution < -0.4 is 5.32 Å². The molecule has 1 aliphatic rings. The number of pyridine rings is 1. The molecule has 6 heteroatoms. The molecule has 0 saturated carbocycles. The Hall–Kier alpha value is -2.11. The van der Waals surface area contributed by atoms with Gasteiger partial charge in [-0.15, -0.1) is 0 Å². The maximum absolute atomic E-state index is 12.3. The van der Waals surface area contributed by atoms with Crippen molar-refractivity contribution < 1.29 is 14.7 Å². The number of aliphatic carboxylic acids is 1. The summed E-state index contributed by atoms with van der Waals surface area (Å²) < 4.78 is 0. The van der Waals surface area contributed by atoms with Crippen LogP contribution in [0.1, 0.15) is 31.2 Å². The van der Waals surface area contributed by atoms with E-state index in [4.69, 9.17) is 5.11 Å². The molecule has 2 amide bonds. The SMILES string of the molecule is Cc1cncc(NC(=O)N2CCCCC2CC(=O)O)c1. The molecule has 0 spiro atoms. The first kappa shape index (κ1) is 14.3. The van der Waals surface area contributed by atoms with Gasteiger partial charge in [-0.25, -0.2) is 4.79 Å². The zero-order valence-electron chi connectivity index (χ0n) is 11.5. The monoisotopic (exact) mass is 277 g/mol. The van der Waals surface area contributed by atoms with Crippen LogP contribution in [0.5, 0.6) is 0 Å². The smallest absolute Gasteiger partial charge is 0.322 e. The van der Waals surface area contributed by atoms with Crippen molar-refractivity contribution in [3.63, 3.8) is 0 Å². The number of nitrogens with zero attached hydrogens (tertiary/aromatic N) is 2. The molecular formula is C14H19N3O3. The van der Waals surface area contributed by atoms with Gasteiger partial charge in [0.05, 0.1) is 18.3 Å². The summed E-state index contributed by atoms with van der Waals surface area (Å²) in [6.07, 6.45) is 5.92. The van der Waals surface area contributed by atoms with E-state index >= 15 is 0 Å². The first-order chi connectivity index (χ1) is 9.56. The van der Waals surface area contributed by atoms with E-state index in [9.17, 15) is 9.59 Å². The second-order valence-electron chi connectivity index (χ2n) is 5.12. The van der Waals surface area contributed by atoms with Crippen LogP contribution in [0.25, 0.3) is 0 Å². The third kappa shape index (κ3) is 3.69. The molecule has 1 aromatic rings. The quantitative estimate of drug-likeness (QED) is 0.887. The van der Waals surface area contributed by atoms with Crippen LogP contribution in [0, 0.1) is 6.92 Å². The summed E-state index contributed by atoms with van der Waals surface area (Å²) in [6, 6.07) is 1.36. The van der Waals surface area contributed by atoms with Gasteiger partial charge in [-0.1, -0.05) is 0 Å². The lowest BCUT2D eigenvalue weighted by atomic mass is 10.00. The van der Waals surface area contributed by atoms with E-state index in [1.54, 1.807) is 17.3 Å². The number of carboxylic acid groups (broad SMARTS) is 1. The highest BCUT2D eigenvalue weighted by molar-refractivity contribution is 5.89. The van der Waals surface area contributed by atoms with Gasteiger partial charge in [0.2, 0.25) is 0 Å². The first-order valence-electron chi connectivity index (χ1n) is 6.77. The van der Waals surface area contributed by atoms with Crippen molar-refractivity contribution >= 4 is 17.7 Å². The Kier molecular flexibility index (Phi) is 4.55. The molecule has 1 saturated heterocycles. The molecule has 2 rings (SSSR count). The summed E-state index contributed by atoms with van der Waals surface area (Å²) in [5.74, 6) is -0.869. The van der Waals surface area contributed by atoms with E-state index in [1.807, 2.05) is 13.0 Å². The lowest BCUT2D eigenvalue weighted by Crippen LogP contribution is -2.46. The van der Waals surface area contributed by atoms with Gasteiger partial charge in [0.25, 0.3) is 0 Å². The number of rotatable bonds is 3. The Balaban J connectivity index is 2.04. The number of piperidine rings is 1.